The molecular weight excluding hydrogens is 294 g/mol. The van der Waals surface area contributed by atoms with Gasteiger partial charge in [0.15, 0.2) is 9.04 Å². The van der Waals surface area contributed by atoms with Gasteiger partial charge in [0.25, 0.3) is 0 Å². The van der Waals surface area contributed by atoms with Crippen molar-refractivity contribution in [2.24, 2.45) is 5.41 Å². The number of rotatable bonds is 6. The predicted molar refractivity (Wildman–Crippen MR) is 92.1 cm³/mol. The fourth-order valence-corrected chi connectivity index (χ4v) is 3.13. The zero-order valence-electron chi connectivity index (χ0n) is 14.4. The zero-order chi connectivity index (χ0) is 16.8. The minimum Gasteiger partial charge on any atom is -0.463 e. The van der Waals surface area contributed by atoms with E-state index in [9.17, 15) is 4.79 Å². The maximum absolute atomic E-state index is 11.4. The Morgan fingerprint density at radius 1 is 1.36 bits per heavy atom. The second-order valence-corrected chi connectivity index (χ2v) is 8.87. The Balaban J connectivity index is 3.00. The molecule has 0 spiro atoms. The van der Waals surface area contributed by atoms with Crippen LogP contribution in [0.1, 0.15) is 45.2 Å². The van der Waals surface area contributed by atoms with Crippen molar-refractivity contribution >= 4 is 21.1 Å². The highest BCUT2D eigenvalue weighted by atomic mass is 28.3. The van der Waals surface area contributed by atoms with Crippen molar-refractivity contribution in [3.63, 3.8) is 0 Å². The molecule has 22 heavy (non-hydrogen) atoms. The number of esters is 1. The Morgan fingerprint density at radius 2 is 2.05 bits per heavy atom. The van der Waals surface area contributed by atoms with Crippen molar-refractivity contribution in [1.29, 1.82) is 0 Å². The predicted octanol–water partition coefficient (Wildman–Crippen LogP) is 3.75. The summed E-state index contributed by atoms with van der Waals surface area (Å²) in [6, 6.07) is 5.79. The number of pyridine rings is 1. The molecule has 5 heteroatoms. The van der Waals surface area contributed by atoms with E-state index in [1.165, 1.54) is 6.08 Å². The Bertz CT molecular complexity index is 521. The molecule has 0 saturated heterocycles. The van der Waals surface area contributed by atoms with E-state index in [-0.39, 0.29) is 17.5 Å². The van der Waals surface area contributed by atoms with Crippen LogP contribution in [0.4, 0.5) is 0 Å². The highest BCUT2D eigenvalue weighted by Crippen LogP contribution is 2.35. The molecule has 122 valence electrons. The molecule has 0 N–H and O–H groups in total. The van der Waals surface area contributed by atoms with Crippen LogP contribution in [0.2, 0.25) is 13.1 Å². The maximum atomic E-state index is 11.4. The molecule has 1 aromatic heterocycles. The van der Waals surface area contributed by atoms with E-state index in [0.717, 1.165) is 11.4 Å². The number of nitrogens with zero attached hydrogens (tertiary/aromatic N) is 1. The molecule has 0 radical (unpaired) electrons. The highest BCUT2D eigenvalue weighted by molar-refractivity contribution is 6.48. The van der Waals surface area contributed by atoms with Gasteiger partial charge in [-0.1, -0.05) is 26.8 Å². The smallest absolute Gasteiger partial charge is 0.330 e. The summed E-state index contributed by atoms with van der Waals surface area (Å²) in [5.74, 6) is -0.354. The first-order valence-electron chi connectivity index (χ1n) is 7.71. The fraction of sp³-hybridized carbons (Fsp3) is 0.529. The lowest BCUT2D eigenvalue weighted by Gasteiger charge is -2.32. The summed E-state index contributed by atoms with van der Waals surface area (Å²) in [6.45, 7) is 12.9. The first kappa shape index (κ1) is 18.6. The van der Waals surface area contributed by atoms with E-state index in [1.54, 1.807) is 13.0 Å². The van der Waals surface area contributed by atoms with Gasteiger partial charge in [-0.15, -0.1) is 0 Å². The largest absolute Gasteiger partial charge is 0.463 e. The van der Waals surface area contributed by atoms with Crippen LogP contribution in [-0.4, -0.2) is 26.6 Å². The van der Waals surface area contributed by atoms with Gasteiger partial charge in [0.2, 0.25) is 0 Å². The molecule has 0 bridgehead atoms. The van der Waals surface area contributed by atoms with Crippen LogP contribution in [0.3, 0.4) is 0 Å². The average molecular weight is 321 g/mol. The van der Waals surface area contributed by atoms with Gasteiger partial charge in [-0.05, 0) is 43.6 Å². The van der Waals surface area contributed by atoms with E-state index < -0.39 is 9.04 Å². The molecule has 0 saturated carbocycles. The number of carbonyl (C=O) groups excluding carboxylic acids is 1. The highest BCUT2D eigenvalue weighted by Gasteiger charge is 2.29. The van der Waals surface area contributed by atoms with E-state index >= 15 is 0 Å². The van der Waals surface area contributed by atoms with Crippen LogP contribution in [0, 0.1) is 5.41 Å². The number of ether oxygens (including phenoxy) is 1. The lowest BCUT2D eigenvalue weighted by atomic mass is 9.87. The number of aromatic nitrogens is 1. The standard InChI is InChI=1S/C17H27NO3Si/c1-7-20-15(19)12-11-13-9-8-10-14(18-13)16(17(2,3)4)21-22(5)6/h8-12,16,22H,7H2,1-6H3/b12-11+. The lowest BCUT2D eigenvalue weighted by molar-refractivity contribution is -0.137. The third kappa shape index (κ3) is 6.11. The van der Waals surface area contributed by atoms with Gasteiger partial charge >= 0.3 is 5.97 Å². The summed E-state index contributed by atoms with van der Waals surface area (Å²) in [5, 5.41) is 0. The van der Waals surface area contributed by atoms with Crippen LogP contribution in [-0.2, 0) is 14.0 Å². The van der Waals surface area contributed by atoms with Crippen LogP contribution < -0.4 is 0 Å². The van der Waals surface area contributed by atoms with Gasteiger partial charge in [-0.2, -0.15) is 0 Å². The van der Waals surface area contributed by atoms with Gasteiger partial charge in [0.05, 0.1) is 24.1 Å². The van der Waals surface area contributed by atoms with Crippen LogP contribution in [0.5, 0.6) is 0 Å². The van der Waals surface area contributed by atoms with E-state index in [2.05, 4.69) is 38.8 Å². The molecule has 0 aromatic carbocycles. The molecule has 1 atom stereocenters. The molecule has 0 fully saturated rings. The molecule has 1 unspecified atom stereocenters. The van der Waals surface area contributed by atoms with Crippen molar-refractivity contribution < 1.29 is 14.0 Å². The Morgan fingerprint density at radius 3 is 2.59 bits per heavy atom. The van der Waals surface area contributed by atoms with E-state index in [1.807, 2.05) is 18.2 Å². The molecular formula is C17H27NO3Si. The monoisotopic (exact) mass is 321 g/mol. The van der Waals surface area contributed by atoms with Crippen molar-refractivity contribution in [2.45, 2.75) is 46.9 Å². The van der Waals surface area contributed by atoms with Crippen molar-refractivity contribution in [3.05, 3.63) is 35.7 Å². The minimum absolute atomic E-state index is 0.0340. The second kappa shape index (κ2) is 8.24. The number of carbonyl (C=O) groups is 1. The van der Waals surface area contributed by atoms with Gasteiger partial charge in [0, 0.05) is 6.08 Å². The number of hydrogen-bond acceptors (Lipinski definition) is 4. The first-order chi connectivity index (χ1) is 10.2. The maximum Gasteiger partial charge on any atom is 0.330 e. The van der Waals surface area contributed by atoms with Crippen molar-refractivity contribution in [2.75, 3.05) is 6.61 Å². The summed E-state index contributed by atoms with van der Waals surface area (Å²) in [4.78, 5) is 16.0. The summed E-state index contributed by atoms with van der Waals surface area (Å²) < 4.78 is 11.1. The molecule has 0 aliphatic heterocycles. The second-order valence-electron chi connectivity index (χ2n) is 6.50. The van der Waals surface area contributed by atoms with Gasteiger partial charge in [-0.3, -0.25) is 4.98 Å². The van der Waals surface area contributed by atoms with E-state index in [0.29, 0.717) is 6.61 Å². The van der Waals surface area contributed by atoms with Crippen LogP contribution in [0.15, 0.2) is 24.3 Å². The quantitative estimate of drug-likeness (QED) is 0.455. The molecule has 1 heterocycles. The fourth-order valence-electron chi connectivity index (χ4n) is 2.04. The van der Waals surface area contributed by atoms with Gasteiger partial charge < -0.3 is 9.16 Å². The molecule has 4 nitrogen and oxygen atoms in total. The topological polar surface area (TPSA) is 48.4 Å². The Labute approximate surface area is 135 Å². The summed E-state index contributed by atoms with van der Waals surface area (Å²) in [7, 11) is -1.19. The summed E-state index contributed by atoms with van der Waals surface area (Å²) in [6.07, 6.45) is 3.03. The zero-order valence-corrected chi connectivity index (χ0v) is 15.6. The van der Waals surface area contributed by atoms with Gasteiger partial charge in [0.1, 0.15) is 0 Å². The molecule has 1 aromatic rings. The average Bonchev–Trinajstić information content (AvgIpc) is 2.42. The number of hydrogen-bond donors (Lipinski definition) is 0. The van der Waals surface area contributed by atoms with Crippen molar-refractivity contribution in [3.8, 4) is 0 Å². The summed E-state index contributed by atoms with van der Waals surface area (Å²) in [5.41, 5.74) is 1.60. The van der Waals surface area contributed by atoms with Gasteiger partial charge in [-0.25, -0.2) is 4.79 Å². The third-order valence-corrected chi connectivity index (χ3v) is 3.75. The molecule has 1 rings (SSSR count). The third-order valence-electron chi connectivity index (χ3n) is 2.93. The van der Waals surface area contributed by atoms with Crippen LogP contribution >= 0.6 is 0 Å². The molecule has 0 amide bonds. The summed E-state index contributed by atoms with van der Waals surface area (Å²) >= 11 is 0. The Hall–Kier alpha value is -1.46. The van der Waals surface area contributed by atoms with E-state index in [4.69, 9.17) is 9.16 Å². The van der Waals surface area contributed by atoms with Crippen molar-refractivity contribution in [1.82, 2.24) is 4.98 Å². The molecule has 0 aliphatic carbocycles. The van der Waals surface area contributed by atoms with Crippen LogP contribution in [0.25, 0.3) is 6.08 Å². The Kier molecular flexibility index (Phi) is 6.96. The minimum atomic E-state index is -1.19. The SMILES string of the molecule is CCOC(=O)/C=C/c1cccc(C(O[SiH](C)C)C(C)(C)C)n1. The lowest BCUT2D eigenvalue weighted by Crippen LogP contribution is -2.26. The molecule has 0 aliphatic rings. The normalized spacial score (nSPS) is 13.6. The first-order valence-corrected chi connectivity index (χ1v) is 10.5.